The van der Waals surface area contributed by atoms with Crippen LogP contribution in [0.25, 0.3) is 0 Å². The van der Waals surface area contributed by atoms with Crippen LogP contribution in [0.5, 0.6) is 0 Å². The molecule has 0 amide bonds. The second kappa shape index (κ2) is 7.29. The largest absolute Gasteiger partial charge is 0.465 e. The van der Waals surface area contributed by atoms with Crippen molar-refractivity contribution in [1.82, 2.24) is 9.97 Å². The number of anilines is 2. The van der Waals surface area contributed by atoms with Crippen molar-refractivity contribution < 1.29 is 9.53 Å². The van der Waals surface area contributed by atoms with Gasteiger partial charge in [0.25, 0.3) is 0 Å². The third kappa shape index (κ3) is 3.64. The van der Waals surface area contributed by atoms with Crippen molar-refractivity contribution in [2.24, 2.45) is 5.92 Å². The summed E-state index contributed by atoms with van der Waals surface area (Å²) in [5.41, 5.74) is 1.53. The van der Waals surface area contributed by atoms with E-state index in [9.17, 15) is 4.79 Å². The van der Waals surface area contributed by atoms with Crippen LogP contribution in [0.3, 0.4) is 0 Å². The number of rotatable bonds is 5. The molecule has 1 atom stereocenters. The van der Waals surface area contributed by atoms with Gasteiger partial charge in [0, 0.05) is 31.5 Å². The highest BCUT2D eigenvalue weighted by atomic mass is 16.5. The molecule has 1 aliphatic rings. The van der Waals surface area contributed by atoms with Gasteiger partial charge in [-0.05, 0) is 43.5 Å². The van der Waals surface area contributed by atoms with E-state index < -0.39 is 0 Å². The van der Waals surface area contributed by atoms with Crippen LogP contribution < -0.4 is 10.2 Å². The second-order valence-corrected chi connectivity index (χ2v) is 6.01. The van der Waals surface area contributed by atoms with Gasteiger partial charge >= 0.3 is 5.97 Å². The molecule has 0 saturated carbocycles. The summed E-state index contributed by atoms with van der Waals surface area (Å²) in [6, 6.07) is 9.48. The average molecular weight is 326 g/mol. The lowest BCUT2D eigenvalue weighted by atomic mass is 10.1. The topological polar surface area (TPSA) is 67.3 Å². The Kier molecular flexibility index (Phi) is 4.93. The molecule has 3 heterocycles. The minimum absolute atomic E-state index is 0.344. The molecule has 3 rings (SSSR count). The zero-order valence-electron chi connectivity index (χ0n) is 14.0. The SMILES string of the molecule is COC(=O)c1cccnc1N1CC[C@H](CNc2cccc(C)n2)C1. The first-order chi connectivity index (χ1) is 11.7. The number of carbonyl (C=O) groups is 1. The van der Waals surface area contributed by atoms with Crippen molar-refractivity contribution in [3.05, 3.63) is 47.8 Å². The van der Waals surface area contributed by atoms with Crippen molar-refractivity contribution in [3.8, 4) is 0 Å². The zero-order chi connectivity index (χ0) is 16.9. The zero-order valence-corrected chi connectivity index (χ0v) is 14.0. The Morgan fingerprint density at radius 1 is 1.38 bits per heavy atom. The molecular weight excluding hydrogens is 304 g/mol. The Hall–Kier alpha value is -2.63. The first kappa shape index (κ1) is 16.2. The fraction of sp³-hybridized carbons (Fsp3) is 0.389. The molecule has 0 aromatic carbocycles. The van der Waals surface area contributed by atoms with Crippen LogP contribution in [0.1, 0.15) is 22.5 Å². The fourth-order valence-corrected chi connectivity index (χ4v) is 3.00. The number of carbonyl (C=O) groups excluding carboxylic acids is 1. The molecule has 0 radical (unpaired) electrons. The molecule has 0 spiro atoms. The Balaban J connectivity index is 1.62. The van der Waals surface area contributed by atoms with Gasteiger partial charge in [-0.25, -0.2) is 14.8 Å². The van der Waals surface area contributed by atoms with Gasteiger partial charge in [0.2, 0.25) is 0 Å². The van der Waals surface area contributed by atoms with Crippen molar-refractivity contribution in [2.75, 3.05) is 37.0 Å². The van der Waals surface area contributed by atoms with Crippen LogP contribution in [0.15, 0.2) is 36.5 Å². The third-order valence-corrected chi connectivity index (χ3v) is 4.24. The van der Waals surface area contributed by atoms with Crippen LogP contribution in [-0.4, -0.2) is 42.7 Å². The van der Waals surface area contributed by atoms with Crippen molar-refractivity contribution in [1.29, 1.82) is 0 Å². The van der Waals surface area contributed by atoms with Crippen molar-refractivity contribution >= 4 is 17.6 Å². The summed E-state index contributed by atoms with van der Waals surface area (Å²) < 4.78 is 4.85. The number of aromatic nitrogens is 2. The van der Waals surface area contributed by atoms with Gasteiger partial charge in [0.1, 0.15) is 17.2 Å². The van der Waals surface area contributed by atoms with E-state index in [4.69, 9.17) is 4.74 Å². The van der Waals surface area contributed by atoms with E-state index in [1.54, 1.807) is 18.3 Å². The van der Waals surface area contributed by atoms with Crippen molar-refractivity contribution in [3.63, 3.8) is 0 Å². The maximum atomic E-state index is 11.9. The number of nitrogens with one attached hydrogen (secondary N) is 1. The maximum absolute atomic E-state index is 11.9. The summed E-state index contributed by atoms with van der Waals surface area (Å²) in [5, 5.41) is 3.40. The first-order valence-corrected chi connectivity index (χ1v) is 8.13. The number of nitrogens with zero attached hydrogens (tertiary/aromatic N) is 3. The molecule has 126 valence electrons. The summed E-state index contributed by atoms with van der Waals surface area (Å²) in [6.07, 6.45) is 2.76. The van der Waals surface area contributed by atoms with Gasteiger partial charge in [0.15, 0.2) is 0 Å². The highest BCUT2D eigenvalue weighted by Crippen LogP contribution is 2.25. The third-order valence-electron chi connectivity index (χ3n) is 4.24. The van der Waals surface area contributed by atoms with Crippen LogP contribution in [0.2, 0.25) is 0 Å². The second-order valence-electron chi connectivity index (χ2n) is 6.01. The Labute approximate surface area is 141 Å². The summed E-state index contributed by atoms with van der Waals surface area (Å²) in [4.78, 5) is 22.9. The van der Waals surface area contributed by atoms with E-state index in [-0.39, 0.29) is 5.97 Å². The van der Waals surface area contributed by atoms with E-state index in [0.717, 1.165) is 37.6 Å². The smallest absolute Gasteiger partial charge is 0.341 e. The lowest BCUT2D eigenvalue weighted by molar-refractivity contribution is 0.0601. The minimum atomic E-state index is -0.344. The number of pyridine rings is 2. The predicted molar refractivity (Wildman–Crippen MR) is 93.4 cm³/mol. The normalized spacial score (nSPS) is 16.9. The molecule has 1 saturated heterocycles. The molecule has 1 N–H and O–H groups in total. The highest BCUT2D eigenvalue weighted by molar-refractivity contribution is 5.94. The van der Waals surface area contributed by atoms with Gasteiger partial charge in [0.05, 0.1) is 7.11 Å². The maximum Gasteiger partial charge on any atom is 0.341 e. The van der Waals surface area contributed by atoms with E-state index >= 15 is 0 Å². The summed E-state index contributed by atoms with van der Waals surface area (Å²) in [7, 11) is 1.39. The number of esters is 1. The van der Waals surface area contributed by atoms with Crippen LogP contribution in [-0.2, 0) is 4.74 Å². The molecule has 0 unspecified atom stereocenters. The van der Waals surface area contributed by atoms with Crippen molar-refractivity contribution in [2.45, 2.75) is 13.3 Å². The van der Waals surface area contributed by atoms with Crippen LogP contribution in [0, 0.1) is 12.8 Å². The van der Waals surface area contributed by atoms with Crippen LogP contribution in [0.4, 0.5) is 11.6 Å². The van der Waals surface area contributed by atoms with Crippen LogP contribution >= 0.6 is 0 Å². The lowest BCUT2D eigenvalue weighted by Gasteiger charge is -2.20. The molecule has 24 heavy (non-hydrogen) atoms. The summed E-state index contributed by atoms with van der Waals surface area (Å²) in [6.45, 7) is 4.58. The number of hydrogen-bond acceptors (Lipinski definition) is 6. The van der Waals surface area contributed by atoms with Gasteiger partial charge in [-0.15, -0.1) is 0 Å². The average Bonchev–Trinajstić information content (AvgIpc) is 3.08. The molecule has 1 aliphatic heterocycles. The molecule has 6 heteroatoms. The monoisotopic (exact) mass is 326 g/mol. The number of hydrogen-bond donors (Lipinski definition) is 1. The standard InChI is InChI=1S/C18H22N4O2/c1-13-5-3-7-16(21-13)20-11-14-8-10-22(12-14)17-15(18(23)24-2)6-4-9-19-17/h3-7,9,14H,8,10-12H2,1-2H3,(H,20,21)/t14-/m1/s1. The first-order valence-electron chi connectivity index (χ1n) is 8.13. The van der Waals surface area contributed by atoms with E-state index in [1.807, 2.05) is 25.1 Å². The Morgan fingerprint density at radius 3 is 3.04 bits per heavy atom. The molecular formula is C18H22N4O2. The lowest BCUT2D eigenvalue weighted by Crippen LogP contribution is -2.25. The Morgan fingerprint density at radius 2 is 2.25 bits per heavy atom. The molecule has 6 nitrogen and oxygen atoms in total. The van der Waals surface area contributed by atoms with Gasteiger partial charge in [-0.2, -0.15) is 0 Å². The molecule has 1 fully saturated rings. The minimum Gasteiger partial charge on any atom is -0.465 e. The molecule has 0 aliphatic carbocycles. The molecule has 0 bridgehead atoms. The summed E-state index contributed by atoms with van der Waals surface area (Å²) in [5.74, 6) is 1.76. The molecule has 2 aromatic rings. The van der Waals surface area contributed by atoms with Gasteiger partial charge in [-0.3, -0.25) is 0 Å². The van der Waals surface area contributed by atoms with E-state index in [1.165, 1.54) is 7.11 Å². The highest BCUT2D eigenvalue weighted by Gasteiger charge is 2.26. The molecule has 2 aromatic heterocycles. The van der Waals surface area contributed by atoms with Gasteiger partial charge < -0.3 is 15.0 Å². The number of ether oxygens (including phenoxy) is 1. The Bertz CT molecular complexity index is 720. The van der Waals surface area contributed by atoms with E-state index in [2.05, 4.69) is 20.2 Å². The predicted octanol–water partition coefficient (Wildman–Crippen LogP) is 2.51. The van der Waals surface area contributed by atoms with E-state index in [0.29, 0.717) is 17.3 Å². The number of methoxy groups -OCH3 is 1. The quantitative estimate of drug-likeness (QED) is 0.852. The fourth-order valence-electron chi connectivity index (χ4n) is 3.00. The number of aryl methyl sites for hydroxylation is 1. The summed E-state index contributed by atoms with van der Waals surface area (Å²) >= 11 is 0. The van der Waals surface area contributed by atoms with Gasteiger partial charge in [-0.1, -0.05) is 6.07 Å².